The normalized spacial score (nSPS) is 16.4. The minimum atomic E-state index is 0.203. The van der Waals surface area contributed by atoms with Crippen LogP contribution in [0.3, 0.4) is 0 Å². The smallest absolute Gasteiger partial charge is 0.0708 e. The Morgan fingerprint density at radius 3 is 1.39 bits per heavy atom. The Labute approximate surface area is 228 Å². The summed E-state index contributed by atoms with van der Waals surface area (Å²) >= 11 is 11.6. The van der Waals surface area contributed by atoms with Crippen LogP contribution >= 0.6 is 54.5 Å². The number of hydrogen-bond acceptors (Lipinski definition) is 2. The first kappa shape index (κ1) is 27.9. The summed E-state index contributed by atoms with van der Waals surface area (Å²) in [6.45, 7) is 14.4. The van der Waals surface area contributed by atoms with E-state index < -0.39 is 0 Å². The predicted octanol–water partition coefficient (Wildman–Crippen LogP) is 12.1. The van der Waals surface area contributed by atoms with Gasteiger partial charge in [-0.05, 0) is 104 Å². The van der Waals surface area contributed by atoms with E-state index in [0.29, 0.717) is 0 Å². The van der Waals surface area contributed by atoms with E-state index in [1.54, 1.807) is 11.1 Å². The summed E-state index contributed by atoms with van der Waals surface area (Å²) in [5.74, 6) is 3.26. The maximum absolute atomic E-state index is 3.83. The Morgan fingerprint density at radius 2 is 1.03 bits per heavy atom. The van der Waals surface area contributed by atoms with E-state index in [1.807, 2.05) is 22.7 Å². The summed E-state index contributed by atoms with van der Waals surface area (Å²) in [6.07, 6.45) is 13.5. The summed E-state index contributed by atoms with van der Waals surface area (Å²) in [5, 5.41) is 0. The van der Waals surface area contributed by atoms with Gasteiger partial charge >= 0.3 is 0 Å². The lowest BCUT2D eigenvalue weighted by Gasteiger charge is -2.33. The molecule has 0 bridgehead atoms. The highest BCUT2D eigenvalue weighted by Crippen LogP contribution is 2.61. The van der Waals surface area contributed by atoms with Crippen LogP contribution in [0.5, 0.6) is 0 Å². The van der Waals surface area contributed by atoms with Crippen molar-refractivity contribution in [3.63, 3.8) is 0 Å². The zero-order valence-corrected chi connectivity index (χ0v) is 26.4. The molecule has 0 fully saturated rings. The quantitative estimate of drug-likeness (QED) is 0.198. The Balaban J connectivity index is 1.78. The van der Waals surface area contributed by atoms with E-state index >= 15 is 0 Å². The van der Waals surface area contributed by atoms with E-state index in [4.69, 9.17) is 0 Å². The number of thiophene rings is 2. The molecule has 0 nitrogen and oxygen atoms in total. The Bertz CT molecular complexity index is 804. The minimum absolute atomic E-state index is 0.203. The molecule has 0 saturated heterocycles. The summed E-state index contributed by atoms with van der Waals surface area (Å²) < 4.78 is 2.59. The topological polar surface area (TPSA) is 0 Å². The van der Waals surface area contributed by atoms with Crippen LogP contribution in [0.2, 0.25) is 0 Å². The largest absolute Gasteiger partial charge is 0.127 e. The molecule has 1 aliphatic rings. The van der Waals surface area contributed by atoms with E-state index in [9.17, 15) is 0 Å². The SMILES string of the molecule is CC(C)CCC[C@H](C)CCC1(CC[C@@H](C)CCCC(C)C)c2cc(Br)sc2-c2sc(Br)cc21. The van der Waals surface area contributed by atoms with Gasteiger partial charge in [-0.1, -0.05) is 80.1 Å². The van der Waals surface area contributed by atoms with Gasteiger partial charge in [0.2, 0.25) is 0 Å². The minimum Gasteiger partial charge on any atom is -0.127 e. The Kier molecular flexibility index (Phi) is 10.6. The third-order valence-electron chi connectivity index (χ3n) is 7.73. The van der Waals surface area contributed by atoms with Gasteiger partial charge in [0.05, 0.1) is 7.57 Å². The molecule has 0 unspecified atom stereocenters. The highest BCUT2D eigenvalue weighted by atomic mass is 79.9. The van der Waals surface area contributed by atoms with Crippen molar-refractivity contribution in [3.8, 4) is 9.75 Å². The molecule has 0 aromatic carbocycles. The van der Waals surface area contributed by atoms with Gasteiger partial charge in [-0.25, -0.2) is 0 Å². The zero-order chi connectivity index (χ0) is 24.2. The average molecular weight is 617 g/mol. The molecule has 0 aliphatic heterocycles. The molecule has 4 heteroatoms. The molecule has 1 aliphatic carbocycles. The van der Waals surface area contributed by atoms with Crippen molar-refractivity contribution in [3.05, 3.63) is 30.8 Å². The summed E-state index contributed by atoms with van der Waals surface area (Å²) in [7, 11) is 0. The van der Waals surface area contributed by atoms with Crippen LogP contribution in [0.15, 0.2) is 19.7 Å². The number of rotatable bonds is 14. The lowest BCUT2D eigenvalue weighted by Crippen LogP contribution is -2.26. The molecule has 0 N–H and O–H groups in total. The van der Waals surface area contributed by atoms with Crippen molar-refractivity contribution >= 4 is 54.5 Å². The van der Waals surface area contributed by atoms with E-state index in [0.717, 1.165) is 23.7 Å². The molecule has 0 radical (unpaired) electrons. The van der Waals surface area contributed by atoms with Crippen molar-refractivity contribution in [2.45, 2.75) is 111 Å². The average Bonchev–Trinajstić information content (AvgIpc) is 3.35. The zero-order valence-electron chi connectivity index (χ0n) is 21.6. The van der Waals surface area contributed by atoms with Crippen LogP contribution in [-0.2, 0) is 5.41 Å². The van der Waals surface area contributed by atoms with Gasteiger partial charge in [-0.2, -0.15) is 0 Å². The third kappa shape index (κ3) is 7.20. The predicted molar refractivity (Wildman–Crippen MR) is 158 cm³/mol. The molecule has 0 saturated carbocycles. The first-order valence-corrected chi connectivity index (χ1v) is 16.4. The molecule has 0 spiro atoms. The number of hydrogen-bond donors (Lipinski definition) is 0. The highest BCUT2D eigenvalue weighted by molar-refractivity contribution is 9.11. The summed E-state index contributed by atoms with van der Waals surface area (Å²) in [5.41, 5.74) is 3.45. The molecule has 186 valence electrons. The molecule has 2 atom stereocenters. The molecule has 2 aromatic rings. The van der Waals surface area contributed by atoms with Crippen LogP contribution in [-0.4, -0.2) is 0 Å². The van der Waals surface area contributed by atoms with E-state index in [2.05, 4.69) is 85.5 Å². The van der Waals surface area contributed by atoms with Gasteiger partial charge in [-0.3, -0.25) is 0 Å². The fraction of sp³-hybridized carbons (Fsp3) is 0.724. The van der Waals surface area contributed by atoms with Gasteiger partial charge in [0.25, 0.3) is 0 Å². The fourth-order valence-corrected chi connectivity index (χ4v) is 9.16. The van der Waals surface area contributed by atoms with E-state index in [1.165, 1.54) is 81.5 Å². The van der Waals surface area contributed by atoms with Crippen LogP contribution in [0.1, 0.15) is 117 Å². The second-order valence-electron chi connectivity index (χ2n) is 11.6. The second-order valence-corrected chi connectivity index (χ2v) is 16.5. The maximum Gasteiger partial charge on any atom is 0.0708 e. The van der Waals surface area contributed by atoms with Crippen LogP contribution in [0, 0.1) is 23.7 Å². The first-order chi connectivity index (χ1) is 15.6. The van der Waals surface area contributed by atoms with Gasteiger partial charge in [0.15, 0.2) is 0 Å². The molecular formula is C29H44Br2S2. The monoisotopic (exact) mass is 614 g/mol. The highest BCUT2D eigenvalue weighted by Gasteiger charge is 2.45. The van der Waals surface area contributed by atoms with Gasteiger partial charge in [-0.15, -0.1) is 22.7 Å². The van der Waals surface area contributed by atoms with Crippen LogP contribution < -0.4 is 0 Å². The second kappa shape index (κ2) is 12.5. The van der Waals surface area contributed by atoms with Crippen LogP contribution in [0.25, 0.3) is 9.75 Å². The Hall–Kier alpha value is 0.360. The van der Waals surface area contributed by atoms with Crippen molar-refractivity contribution in [1.82, 2.24) is 0 Å². The summed E-state index contributed by atoms with van der Waals surface area (Å²) in [4.78, 5) is 3.07. The van der Waals surface area contributed by atoms with Crippen molar-refractivity contribution in [1.29, 1.82) is 0 Å². The number of halogens is 2. The Morgan fingerprint density at radius 1 is 0.636 bits per heavy atom. The standard InChI is InChI=1S/C29H44Br2S2/c1-19(2)9-7-11-21(5)13-15-29(16-14-22(6)12-8-10-20(3)4)23-17-25(30)32-27(23)28-24(29)18-26(31)33-28/h17-22H,7-16H2,1-6H3/t21-,22-/m0/s1. The van der Waals surface area contributed by atoms with Crippen LogP contribution in [0.4, 0.5) is 0 Å². The van der Waals surface area contributed by atoms with Gasteiger partial charge < -0.3 is 0 Å². The molecule has 2 aromatic heterocycles. The van der Waals surface area contributed by atoms with Gasteiger partial charge in [0, 0.05) is 15.2 Å². The summed E-state index contributed by atoms with van der Waals surface area (Å²) in [6, 6.07) is 4.93. The third-order valence-corrected chi connectivity index (χ3v) is 11.2. The molecular weight excluding hydrogens is 572 g/mol. The maximum atomic E-state index is 3.83. The van der Waals surface area contributed by atoms with Crippen molar-refractivity contribution in [2.75, 3.05) is 0 Å². The first-order valence-electron chi connectivity index (χ1n) is 13.2. The molecule has 33 heavy (non-hydrogen) atoms. The van der Waals surface area contributed by atoms with Crippen molar-refractivity contribution in [2.24, 2.45) is 23.7 Å². The fourth-order valence-electron chi connectivity index (χ4n) is 5.60. The molecule has 2 heterocycles. The van der Waals surface area contributed by atoms with Crippen molar-refractivity contribution < 1.29 is 0 Å². The molecule has 3 rings (SSSR count). The van der Waals surface area contributed by atoms with Gasteiger partial charge in [0.1, 0.15) is 0 Å². The van der Waals surface area contributed by atoms with E-state index in [-0.39, 0.29) is 5.41 Å². The molecule has 0 amide bonds. The number of fused-ring (bicyclic) bond motifs is 3. The lowest BCUT2D eigenvalue weighted by atomic mass is 9.70. The lowest BCUT2D eigenvalue weighted by molar-refractivity contribution is 0.328.